The molecular formula is C58H91N15O17S. The molecule has 506 valence electrons. The number of nitrogens with zero attached hydrogens (tertiary/aromatic N) is 4. The van der Waals surface area contributed by atoms with E-state index in [-0.39, 0.29) is 58.1 Å². The molecule has 17 N–H and O–H groups in total. The van der Waals surface area contributed by atoms with E-state index in [9.17, 15) is 73.2 Å². The topological polar surface area (TPSA) is 472 Å². The lowest BCUT2D eigenvalue weighted by Gasteiger charge is -2.34. The largest absolute Gasteiger partial charge is 0.508 e. The molecule has 1 unspecified atom stereocenters. The highest BCUT2D eigenvalue weighted by Gasteiger charge is 2.45. The lowest BCUT2D eigenvalue weighted by atomic mass is 9.93. The standard InChI is InChI=1S/C58H91N15O17S/c1-6-31(2)49-55(86)63-23-45(79)64-40-30-91(89)57-36(35-11-12-42(76)37(51(35)69-57)27-72-16-13-33(14-17-72)25-70(4)18-19-71(5)48(82)10-8-7-9-15-61-47(81)29-90-60)21-38(52(83)62-24-46(80)67-49)65-56(87)50(32(3)43(77)28-74)68-54(85)41-20-34(75)26-73(41)58(88)39(22-44(59)78)66-53(40)84/h11-12,31-34,38-41,43,49-50,69,74-77H,6-10,13-30,60H2,1-5H3,(H2,59,78)(H,61,81)(H,62,83)(H,63,86)(H,64,79)(H,65,87)(H,66,84)(H,67,80)(H,68,85)/t31-,32+,34+,38+,39-,40+,41-,43+,49-,50-,91?/m0/s1. The second-order valence-corrected chi connectivity index (χ2v) is 25.6. The van der Waals surface area contributed by atoms with Crippen molar-refractivity contribution >= 4 is 86.7 Å². The molecule has 11 amide bonds. The molecule has 6 rings (SSSR count). The maximum atomic E-state index is 15.4. The van der Waals surface area contributed by atoms with Crippen molar-refractivity contribution in [1.82, 2.24) is 67.1 Å². The van der Waals surface area contributed by atoms with Crippen LogP contribution in [0.5, 0.6) is 5.75 Å². The van der Waals surface area contributed by atoms with Crippen LogP contribution in [-0.4, -0.2) is 255 Å². The number of carbonyl (C=O) groups is 11. The molecule has 2 aromatic rings. The van der Waals surface area contributed by atoms with E-state index < -0.39 is 176 Å². The summed E-state index contributed by atoms with van der Waals surface area (Å²) in [7, 11) is 1.28. The molecule has 2 fully saturated rings. The molecule has 1 aromatic heterocycles. The predicted octanol–water partition coefficient (Wildman–Crippen LogP) is -5.75. The summed E-state index contributed by atoms with van der Waals surface area (Å²) in [4.78, 5) is 166. The first-order valence-electron chi connectivity index (χ1n) is 30.8. The zero-order chi connectivity index (χ0) is 66.8. The number of aromatic hydroxyl groups is 1. The van der Waals surface area contributed by atoms with Crippen molar-refractivity contribution < 1.29 is 82.2 Å². The maximum absolute atomic E-state index is 15.4. The van der Waals surface area contributed by atoms with E-state index in [1.54, 1.807) is 25.8 Å². The molecule has 0 saturated carbocycles. The Hall–Kier alpha value is -7.40. The Morgan fingerprint density at radius 1 is 0.857 bits per heavy atom. The molecule has 4 aliphatic rings. The minimum Gasteiger partial charge on any atom is -0.508 e. The number of likely N-dealkylation sites (N-methyl/N-ethyl adjacent to an activating group) is 2. The van der Waals surface area contributed by atoms with Gasteiger partial charge in [0.05, 0.1) is 60.4 Å². The minimum atomic E-state index is -2.48. The Kier molecular flexibility index (Phi) is 27.4. The van der Waals surface area contributed by atoms with Crippen molar-refractivity contribution in [2.75, 3.05) is 92.0 Å². The second-order valence-electron chi connectivity index (χ2n) is 24.2. The lowest BCUT2D eigenvalue weighted by Crippen LogP contribution is -2.62. The molecule has 2 bridgehead atoms. The Bertz CT molecular complexity index is 2980. The molecule has 5 heterocycles. The molecule has 11 atom stereocenters. The molecule has 91 heavy (non-hydrogen) atoms. The van der Waals surface area contributed by atoms with Gasteiger partial charge in [-0.3, -0.25) is 66.7 Å². The van der Waals surface area contributed by atoms with Gasteiger partial charge >= 0.3 is 0 Å². The zero-order valence-corrected chi connectivity index (χ0v) is 53.0. The van der Waals surface area contributed by atoms with E-state index in [1.807, 2.05) is 7.05 Å². The van der Waals surface area contributed by atoms with Crippen molar-refractivity contribution in [2.24, 2.45) is 29.4 Å². The van der Waals surface area contributed by atoms with Crippen LogP contribution in [0.4, 0.5) is 0 Å². The summed E-state index contributed by atoms with van der Waals surface area (Å²) >= 11 is 0. The molecule has 0 aliphatic carbocycles. The number of benzene rings is 1. The molecule has 33 heteroatoms. The van der Waals surface area contributed by atoms with E-state index in [2.05, 4.69) is 62.2 Å². The number of rotatable bonds is 22. The van der Waals surface area contributed by atoms with Crippen LogP contribution < -0.4 is 54.2 Å². The summed E-state index contributed by atoms with van der Waals surface area (Å²) < 4.78 is 15.4. The number of nitrogens with two attached hydrogens (primary N) is 2. The molecule has 32 nitrogen and oxygen atoms in total. The number of fused-ring (bicyclic) bond motifs is 5. The fraction of sp³-hybridized carbons (Fsp3) is 0.672. The first-order chi connectivity index (χ1) is 43.2. The number of piperidine rings is 1. The van der Waals surface area contributed by atoms with Gasteiger partial charge in [0.2, 0.25) is 65.0 Å². The zero-order valence-electron chi connectivity index (χ0n) is 52.2. The highest BCUT2D eigenvalue weighted by molar-refractivity contribution is 7.85. The van der Waals surface area contributed by atoms with Crippen LogP contribution >= 0.6 is 0 Å². The summed E-state index contributed by atoms with van der Waals surface area (Å²) in [6.07, 6.45) is -0.571. The predicted molar refractivity (Wildman–Crippen MR) is 327 cm³/mol. The number of likely N-dealkylation sites (tertiary alicyclic amines) is 1. The van der Waals surface area contributed by atoms with Gasteiger partial charge in [-0.05, 0) is 75.4 Å². The van der Waals surface area contributed by atoms with Gasteiger partial charge in [0.25, 0.3) is 0 Å². The number of hydrogen-bond acceptors (Lipinski definition) is 20. The third-order valence-corrected chi connectivity index (χ3v) is 18.8. The van der Waals surface area contributed by atoms with Crippen LogP contribution in [-0.2, 0) is 81.3 Å². The van der Waals surface area contributed by atoms with Gasteiger partial charge in [-0.2, -0.15) is 0 Å². The Morgan fingerprint density at radius 2 is 1.55 bits per heavy atom. The number of hydrogen-bond donors (Lipinski definition) is 15. The van der Waals surface area contributed by atoms with Gasteiger partial charge < -0.3 is 88.4 Å². The maximum Gasteiger partial charge on any atom is 0.248 e. The van der Waals surface area contributed by atoms with Gasteiger partial charge in [0.15, 0.2) is 0 Å². The van der Waals surface area contributed by atoms with E-state index in [4.69, 9.17) is 11.6 Å². The molecule has 0 spiro atoms. The van der Waals surface area contributed by atoms with E-state index >= 15 is 4.21 Å². The first-order valence-corrected chi connectivity index (χ1v) is 32.1. The van der Waals surface area contributed by atoms with Crippen LogP contribution in [0, 0.1) is 17.8 Å². The minimum absolute atomic E-state index is 0.0201. The Morgan fingerprint density at radius 3 is 2.22 bits per heavy atom. The normalized spacial score (nSPS) is 25.0. The number of nitrogens with one attached hydrogen (secondary N) is 9. The number of unbranched alkanes of at least 4 members (excludes halogenated alkanes) is 2. The van der Waals surface area contributed by atoms with Crippen molar-refractivity contribution in [3.8, 4) is 5.75 Å². The number of aromatic nitrogens is 1. The van der Waals surface area contributed by atoms with Crippen LogP contribution in [0.15, 0.2) is 17.2 Å². The van der Waals surface area contributed by atoms with E-state index in [1.165, 1.54) is 19.1 Å². The fourth-order valence-corrected chi connectivity index (χ4v) is 13.0. The lowest BCUT2D eigenvalue weighted by molar-refractivity contribution is -0.144. The smallest absolute Gasteiger partial charge is 0.248 e. The summed E-state index contributed by atoms with van der Waals surface area (Å²) in [6.45, 7) is 5.10. The average Bonchev–Trinajstić information content (AvgIpc) is 1.65. The number of H-pyrrole nitrogens is 1. The quantitative estimate of drug-likeness (QED) is 0.0386. The van der Waals surface area contributed by atoms with Crippen molar-refractivity contribution in [1.29, 1.82) is 0 Å². The van der Waals surface area contributed by atoms with Crippen molar-refractivity contribution in [3.63, 3.8) is 0 Å². The van der Waals surface area contributed by atoms with Crippen LogP contribution in [0.25, 0.3) is 10.9 Å². The summed E-state index contributed by atoms with van der Waals surface area (Å²) in [5, 5.41) is 64.0. The first kappa shape index (κ1) is 72.7. The monoisotopic (exact) mass is 1300 g/mol. The number of carbonyl (C=O) groups excluding carboxylic acids is 11. The summed E-state index contributed by atoms with van der Waals surface area (Å²) in [6, 6.07) is -7.36. The second kappa shape index (κ2) is 34.3. The van der Waals surface area contributed by atoms with Gasteiger partial charge in [0.1, 0.15) is 53.6 Å². The van der Waals surface area contributed by atoms with Crippen LogP contribution in [0.3, 0.4) is 0 Å². The van der Waals surface area contributed by atoms with Crippen molar-refractivity contribution in [2.45, 2.75) is 145 Å². The summed E-state index contributed by atoms with van der Waals surface area (Å²) in [5.74, 6) is -7.35. The molecule has 1 aromatic carbocycles. The van der Waals surface area contributed by atoms with E-state index in [0.717, 1.165) is 30.7 Å². The van der Waals surface area contributed by atoms with Crippen molar-refractivity contribution in [3.05, 3.63) is 23.3 Å². The highest BCUT2D eigenvalue weighted by Crippen LogP contribution is 2.35. The number of primary amides is 1. The summed E-state index contributed by atoms with van der Waals surface area (Å²) in [5.41, 5.74) is 6.23. The third-order valence-electron chi connectivity index (χ3n) is 17.3. The number of aliphatic hydroxyl groups is 3. The number of aliphatic hydroxyl groups excluding tert-OH is 3. The average molecular weight is 1300 g/mol. The molecule has 0 radical (unpaired) electrons. The number of phenols is 1. The van der Waals surface area contributed by atoms with Gasteiger partial charge in [-0.25, -0.2) is 5.90 Å². The number of phenolic OH excluding ortho intramolecular Hbond substituents is 1. The van der Waals surface area contributed by atoms with Gasteiger partial charge in [-0.15, -0.1) is 0 Å². The number of amides is 11. The van der Waals surface area contributed by atoms with E-state index in [0.29, 0.717) is 64.0 Å². The molecule has 2 saturated heterocycles. The van der Waals surface area contributed by atoms with Crippen LogP contribution in [0.2, 0.25) is 0 Å². The Labute approximate surface area is 529 Å². The number of aromatic amines is 1. The highest BCUT2D eigenvalue weighted by atomic mass is 32.2. The fourth-order valence-electron chi connectivity index (χ4n) is 11.6. The van der Waals surface area contributed by atoms with Gasteiger partial charge in [-0.1, -0.05) is 33.6 Å². The SMILES string of the molecule is CC[C@H](C)[C@@H]1NC(=O)CNC(=O)[C@H]2Cc3c([nH]c4c(CN5CCC(CN(C)CCN(C)C(=O)CCCCCNC(=O)CON)CC5)c(O)ccc34)S(=O)C[C@@H](NC(=O)CNC1=O)C(=O)N[C@@H](CC(N)=O)C(=O)N1C[C@H](O)C[C@H]1C(=O)N[C@@H]([C@H](C)[C@H](O)CO)C(=O)N2. The van der Waals surface area contributed by atoms with Crippen LogP contribution in [0.1, 0.15) is 89.7 Å². The third kappa shape index (κ3) is 20.3. The van der Waals surface area contributed by atoms with Gasteiger partial charge in [0, 0.05) is 82.4 Å². The molecule has 4 aliphatic heterocycles. The molecular weight excluding hydrogens is 1210 g/mol. The Balaban J connectivity index is 1.36.